The standard InChI is InChI=1S/C22H15Cl3FN3O4/c23-15-6-3-14(11-18(15)26)27-19(12-1-4-16(24)21(9-12)28(30)31)7-8-20(27)13-2-5-17(25)22(10-13)29(32)33/h1-6,9-11,19-20H,7-8H2. The molecule has 0 N–H and O–H groups in total. The van der Waals surface area contributed by atoms with Crippen molar-refractivity contribution in [2.75, 3.05) is 4.90 Å². The van der Waals surface area contributed by atoms with Crippen LogP contribution in [-0.4, -0.2) is 9.85 Å². The van der Waals surface area contributed by atoms with Crippen molar-refractivity contribution >= 4 is 51.9 Å². The van der Waals surface area contributed by atoms with E-state index in [1.807, 2.05) is 4.90 Å². The maximum absolute atomic E-state index is 14.4. The van der Waals surface area contributed by atoms with E-state index in [0.717, 1.165) is 0 Å². The number of rotatable bonds is 5. The van der Waals surface area contributed by atoms with Gasteiger partial charge in [0.2, 0.25) is 0 Å². The van der Waals surface area contributed by atoms with E-state index >= 15 is 0 Å². The molecule has 0 saturated carbocycles. The second kappa shape index (κ2) is 9.13. The number of hydrogen-bond donors (Lipinski definition) is 0. The zero-order valence-corrected chi connectivity index (χ0v) is 19.0. The minimum absolute atomic E-state index is 0.00992. The molecular weight excluding hydrogens is 496 g/mol. The molecule has 33 heavy (non-hydrogen) atoms. The smallest absolute Gasteiger partial charge is 0.288 e. The Bertz CT molecular complexity index is 1200. The molecule has 0 spiro atoms. The van der Waals surface area contributed by atoms with Crippen LogP contribution in [0.3, 0.4) is 0 Å². The fraction of sp³-hybridized carbons (Fsp3) is 0.182. The Hall–Kier alpha value is -2.94. The summed E-state index contributed by atoms with van der Waals surface area (Å²) in [4.78, 5) is 23.6. The van der Waals surface area contributed by atoms with Gasteiger partial charge in [0.25, 0.3) is 11.4 Å². The van der Waals surface area contributed by atoms with E-state index in [9.17, 15) is 24.6 Å². The normalized spacial score (nSPS) is 17.9. The van der Waals surface area contributed by atoms with Crippen molar-refractivity contribution in [3.63, 3.8) is 0 Å². The molecule has 1 fully saturated rings. The molecule has 1 saturated heterocycles. The molecule has 0 amide bonds. The van der Waals surface area contributed by atoms with Crippen molar-refractivity contribution in [3.8, 4) is 0 Å². The first-order valence-corrected chi connectivity index (χ1v) is 10.9. The molecule has 0 bridgehead atoms. The van der Waals surface area contributed by atoms with Gasteiger partial charge in [-0.05, 0) is 54.3 Å². The number of benzene rings is 3. The Kier molecular flexibility index (Phi) is 6.43. The van der Waals surface area contributed by atoms with Crippen LogP contribution in [0.2, 0.25) is 15.1 Å². The molecule has 2 atom stereocenters. The average Bonchev–Trinajstić information content (AvgIpc) is 3.21. The molecule has 0 radical (unpaired) electrons. The van der Waals surface area contributed by atoms with Gasteiger partial charge in [0, 0.05) is 17.8 Å². The highest BCUT2D eigenvalue weighted by Gasteiger charge is 2.37. The first-order chi connectivity index (χ1) is 15.7. The summed E-state index contributed by atoms with van der Waals surface area (Å²) in [6.45, 7) is 0. The molecule has 4 rings (SSSR count). The van der Waals surface area contributed by atoms with Crippen molar-refractivity contribution in [1.29, 1.82) is 0 Å². The number of halogens is 4. The van der Waals surface area contributed by atoms with Gasteiger partial charge in [-0.1, -0.05) is 46.9 Å². The van der Waals surface area contributed by atoms with E-state index in [0.29, 0.717) is 29.7 Å². The van der Waals surface area contributed by atoms with Crippen molar-refractivity contribution in [2.24, 2.45) is 0 Å². The summed E-state index contributed by atoms with van der Waals surface area (Å²) in [7, 11) is 0. The van der Waals surface area contributed by atoms with Gasteiger partial charge in [-0.15, -0.1) is 0 Å². The monoisotopic (exact) mass is 509 g/mol. The summed E-state index contributed by atoms with van der Waals surface area (Å²) in [6, 6.07) is 12.7. The first-order valence-electron chi connectivity index (χ1n) is 9.78. The van der Waals surface area contributed by atoms with Crippen molar-refractivity contribution in [3.05, 3.63) is 107 Å². The highest BCUT2D eigenvalue weighted by molar-refractivity contribution is 6.33. The third kappa shape index (κ3) is 4.46. The quantitative estimate of drug-likeness (QED) is 0.259. The molecule has 1 aliphatic rings. The second-order valence-corrected chi connectivity index (χ2v) is 8.77. The molecule has 170 valence electrons. The molecule has 3 aromatic rings. The van der Waals surface area contributed by atoms with Gasteiger partial charge in [0.15, 0.2) is 0 Å². The summed E-state index contributed by atoms with van der Waals surface area (Å²) in [5.74, 6) is -0.622. The number of nitrogens with zero attached hydrogens (tertiary/aromatic N) is 3. The van der Waals surface area contributed by atoms with Gasteiger partial charge < -0.3 is 4.90 Å². The van der Waals surface area contributed by atoms with Crippen molar-refractivity contribution in [2.45, 2.75) is 24.9 Å². The van der Waals surface area contributed by atoms with Gasteiger partial charge in [0.1, 0.15) is 15.9 Å². The van der Waals surface area contributed by atoms with Gasteiger partial charge in [-0.3, -0.25) is 20.2 Å². The maximum Gasteiger partial charge on any atom is 0.288 e. The lowest BCUT2D eigenvalue weighted by molar-refractivity contribution is -0.384. The predicted molar refractivity (Wildman–Crippen MR) is 125 cm³/mol. The zero-order valence-electron chi connectivity index (χ0n) is 16.8. The summed E-state index contributed by atoms with van der Waals surface area (Å²) in [6.07, 6.45) is 1.12. The fourth-order valence-electron chi connectivity index (χ4n) is 4.22. The van der Waals surface area contributed by atoms with Crippen LogP contribution in [0.5, 0.6) is 0 Å². The van der Waals surface area contributed by atoms with E-state index in [1.54, 1.807) is 18.2 Å². The van der Waals surface area contributed by atoms with Crippen molar-refractivity contribution in [1.82, 2.24) is 0 Å². The van der Waals surface area contributed by atoms with Crippen LogP contribution in [0, 0.1) is 26.0 Å². The molecule has 0 aromatic heterocycles. The Morgan fingerprint density at radius 1 is 0.758 bits per heavy atom. The predicted octanol–water partition coefficient (Wildman–Crippen LogP) is 7.69. The molecule has 0 aliphatic carbocycles. The zero-order chi connectivity index (χ0) is 23.9. The Balaban J connectivity index is 1.84. The van der Waals surface area contributed by atoms with Crippen LogP contribution in [0.1, 0.15) is 36.1 Å². The van der Waals surface area contributed by atoms with Gasteiger partial charge in [0.05, 0.1) is 27.0 Å². The Morgan fingerprint density at radius 2 is 1.21 bits per heavy atom. The summed E-state index contributed by atoms with van der Waals surface area (Å²) < 4.78 is 14.4. The first kappa shape index (κ1) is 23.2. The lowest BCUT2D eigenvalue weighted by atomic mass is 10.0. The third-order valence-electron chi connectivity index (χ3n) is 5.69. The van der Waals surface area contributed by atoms with E-state index < -0.39 is 15.7 Å². The molecular formula is C22H15Cl3FN3O4. The van der Waals surface area contributed by atoms with Crippen LogP contribution in [0.15, 0.2) is 54.6 Å². The molecule has 7 nitrogen and oxygen atoms in total. The Morgan fingerprint density at radius 3 is 1.64 bits per heavy atom. The highest BCUT2D eigenvalue weighted by Crippen LogP contribution is 2.48. The SMILES string of the molecule is O=[N+]([O-])c1cc(C2CCC(c3ccc(Cl)c([N+](=O)[O-])c3)N2c2ccc(Cl)c(F)c2)ccc1Cl. The molecule has 1 heterocycles. The van der Waals surface area contributed by atoms with Gasteiger partial charge in [-0.25, -0.2) is 4.39 Å². The summed E-state index contributed by atoms with van der Waals surface area (Å²) >= 11 is 17.8. The van der Waals surface area contributed by atoms with Crippen LogP contribution in [0.25, 0.3) is 0 Å². The van der Waals surface area contributed by atoms with Crippen LogP contribution < -0.4 is 4.90 Å². The van der Waals surface area contributed by atoms with E-state index in [2.05, 4.69) is 0 Å². The lowest BCUT2D eigenvalue weighted by Gasteiger charge is -2.33. The number of hydrogen-bond acceptors (Lipinski definition) is 5. The average molecular weight is 511 g/mol. The number of nitro groups is 2. The van der Waals surface area contributed by atoms with Gasteiger partial charge >= 0.3 is 0 Å². The second-order valence-electron chi connectivity index (χ2n) is 7.55. The fourth-order valence-corrected chi connectivity index (χ4v) is 4.72. The minimum atomic E-state index is -0.622. The molecule has 11 heteroatoms. The number of anilines is 1. The third-order valence-corrected chi connectivity index (χ3v) is 6.64. The van der Waals surface area contributed by atoms with Gasteiger partial charge in [-0.2, -0.15) is 0 Å². The largest absolute Gasteiger partial charge is 0.357 e. The van der Waals surface area contributed by atoms with E-state index in [4.69, 9.17) is 34.8 Å². The maximum atomic E-state index is 14.4. The molecule has 3 aromatic carbocycles. The topological polar surface area (TPSA) is 89.5 Å². The highest BCUT2D eigenvalue weighted by atomic mass is 35.5. The summed E-state index contributed by atoms with van der Waals surface area (Å²) in [5, 5.41) is 22.8. The minimum Gasteiger partial charge on any atom is -0.357 e. The number of nitro benzene ring substituents is 2. The van der Waals surface area contributed by atoms with Crippen LogP contribution in [0.4, 0.5) is 21.5 Å². The van der Waals surface area contributed by atoms with E-state index in [1.165, 1.54) is 36.4 Å². The van der Waals surface area contributed by atoms with E-state index in [-0.39, 0.29) is 38.5 Å². The molecule has 2 unspecified atom stereocenters. The lowest BCUT2D eigenvalue weighted by Crippen LogP contribution is -2.26. The van der Waals surface area contributed by atoms with Crippen LogP contribution >= 0.6 is 34.8 Å². The summed E-state index contributed by atoms with van der Waals surface area (Å²) in [5.41, 5.74) is 1.25. The Labute approximate surface area is 202 Å². The van der Waals surface area contributed by atoms with Crippen molar-refractivity contribution < 1.29 is 14.2 Å². The van der Waals surface area contributed by atoms with Crippen LogP contribution in [-0.2, 0) is 0 Å². The molecule has 1 aliphatic heterocycles.